The van der Waals surface area contributed by atoms with Crippen LogP contribution in [0.3, 0.4) is 0 Å². The Kier molecular flexibility index (Phi) is 4.72. The number of hydrogen-bond donors (Lipinski definition) is 1. The second-order valence-electron chi connectivity index (χ2n) is 4.77. The number of anilines is 1. The van der Waals surface area contributed by atoms with Crippen molar-refractivity contribution in [2.45, 2.75) is 20.0 Å². The third-order valence-corrected chi connectivity index (χ3v) is 2.95. The van der Waals surface area contributed by atoms with Gasteiger partial charge in [-0.3, -0.25) is 4.79 Å². The number of carbonyl (C=O) groups is 2. The minimum atomic E-state index is -0.863. The summed E-state index contributed by atoms with van der Waals surface area (Å²) in [6.07, 6.45) is -0.863. The van der Waals surface area contributed by atoms with Crippen molar-refractivity contribution in [2.24, 2.45) is 0 Å². The lowest BCUT2D eigenvalue weighted by Gasteiger charge is -2.13. The van der Waals surface area contributed by atoms with Crippen LogP contribution in [0.4, 0.5) is 5.69 Å². The van der Waals surface area contributed by atoms with Gasteiger partial charge >= 0.3 is 5.97 Å². The predicted octanol–water partition coefficient (Wildman–Crippen LogP) is 3.18. The molecule has 0 spiro atoms. The minimum absolute atomic E-state index is 0.359. The van der Waals surface area contributed by atoms with Gasteiger partial charge in [0.05, 0.1) is 5.56 Å². The van der Waals surface area contributed by atoms with Gasteiger partial charge in [0.2, 0.25) is 0 Å². The fraction of sp³-hybridized carbons (Fsp3) is 0.176. The van der Waals surface area contributed by atoms with E-state index in [4.69, 9.17) is 4.74 Å². The Morgan fingerprint density at radius 3 is 2.43 bits per heavy atom. The number of benzene rings is 2. The molecule has 1 amide bonds. The number of hydrogen-bond acceptors (Lipinski definition) is 3. The first-order valence-corrected chi connectivity index (χ1v) is 6.70. The number of aryl methyl sites for hydroxylation is 1. The van der Waals surface area contributed by atoms with Crippen LogP contribution < -0.4 is 5.32 Å². The molecule has 0 aliphatic heterocycles. The smallest absolute Gasteiger partial charge is 0.338 e. The molecule has 1 atom stereocenters. The molecular weight excluding hydrogens is 266 g/mol. The molecule has 0 aromatic heterocycles. The summed E-state index contributed by atoms with van der Waals surface area (Å²) in [6, 6.07) is 16.1. The van der Waals surface area contributed by atoms with Crippen LogP contribution in [0, 0.1) is 6.92 Å². The Morgan fingerprint density at radius 1 is 1.05 bits per heavy atom. The molecule has 2 aromatic rings. The number of nitrogens with one attached hydrogen (secondary N) is 1. The molecule has 0 aliphatic rings. The quantitative estimate of drug-likeness (QED) is 0.877. The lowest BCUT2D eigenvalue weighted by molar-refractivity contribution is -0.123. The largest absolute Gasteiger partial charge is 0.449 e. The van der Waals surface area contributed by atoms with Crippen LogP contribution in [0.15, 0.2) is 54.6 Å². The fourth-order valence-corrected chi connectivity index (χ4v) is 1.82. The lowest BCUT2D eigenvalue weighted by Crippen LogP contribution is -2.30. The van der Waals surface area contributed by atoms with Crippen LogP contribution in [0.5, 0.6) is 0 Å². The van der Waals surface area contributed by atoms with E-state index in [-0.39, 0.29) is 5.91 Å². The van der Waals surface area contributed by atoms with Crippen LogP contribution >= 0.6 is 0 Å². The van der Waals surface area contributed by atoms with Gasteiger partial charge in [0, 0.05) is 5.69 Å². The zero-order chi connectivity index (χ0) is 15.2. The molecule has 1 unspecified atom stereocenters. The summed E-state index contributed by atoms with van der Waals surface area (Å²) in [5, 5.41) is 2.69. The van der Waals surface area contributed by atoms with E-state index in [1.165, 1.54) is 0 Å². The normalized spacial score (nSPS) is 11.5. The molecule has 0 bridgehead atoms. The molecule has 4 nitrogen and oxygen atoms in total. The van der Waals surface area contributed by atoms with Crippen LogP contribution in [0.1, 0.15) is 22.8 Å². The molecule has 2 aromatic carbocycles. The van der Waals surface area contributed by atoms with E-state index in [1.54, 1.807) is 37.3 Å². The first-order chi connectivity index (χ1) is 10.1. The summed E-state index contributed by atoms with van der Waals surface area (Å²) in [7, 11) is 0. The van der Waals surface area contributed by atoms with Gasteiger partial charge < -0.3 is 10.1 Å². The van der Waals surface area contributed by atoms with E-state index in [9.17, 15) is 9.59 Å². The Morgan fingerprint density at radius 2 is 1.76 bits per heavy atom. The van der Waals surface area contributed by atoms with Crippen LogP contribution in [-0.2, 0) is 9.53 Å². The summed E-state index contributed by atoms with van der Waals surface area (Å²) in [6.45, 7) is 3.44. The number of ether oxygens (including phenoxy) is 1. The topological polar surface area (TPSA) is 55.4 Å². The van der Waals surface area contributed by atoms with Crippen molar-refractivity contribution in [3.8, 4) is 0 Å². The number of carbonyl (C=O) groups excluding carboxylic acids is 2. The Balaban J connectivity index is 1.96. The Labute approximate surface area is 123 Å². The van der Waals surface area contributed by atoms with Crippen molar-refractivity contribution < 1.29 is 14.3 Å². The highest BCUT2D eigenvalue weighted by Crippen LogP contribution is 2.10. The van der Waals surface area contributed by atoms with Gasteiger partial charge in [-0.05, 0) is 38.1 Å². The van der Waals surface area contributed by atoms with Crippen LogP contribution in [0.2, 0.25) is 0 Å². The fourth-order valence-electron chi connectivity index (χ4n) is 1.82. The monoisotopic (exact) mass is 283 g/mol. The molecule has 4 heteroatoms. The second-order valence-corrected chi connectivity index (χ2v) is 4.77. The summed E-state index contributed by atoms with van der Waals surface area (Å²) < 4.78 is 5.17. The predicted molar refractivity (Wildman–Crippen MR) is 81.1 cm³/mol. The third kappa shape index (κ3) is 4.18. The van der Waals surface area contributed by atoms with E-state index in [0.717, 1.165) is 5.56 Å². The Bertz CT molecular complexity index is 637. The molecular formula is C17H17NO3. The van der Waals surface area contributed by atoms with Gasteiger partial charge in [0.1, 0.15) is 0 Å². The van der Waals surface area contributed by atoms with Gasteiger partial charge in [0.15, 0.2) is 6.10 Å². The minimum Gasteiger partial charge on any atom is -0.449 e. The van der Waals surface area contributed by atoms with Crippen LogP contribution in [-0.4, -0.2) is 18.0 Å². The van der Waals surface area contributed by atoms with Gasteiger partial charge in [-0.15, -0.1) is 0 Å². The Hall–Kier alpha value is -2.62. The average molecular weight is 283 g/mol. The first-order valence-electron chi connectivity index (χ1n) is 6.70. The van der Waals surface area contributed by atoms with E-state index in [1.807, 2.05) is 31.2 Å². The highest BCUT2D eigenvalue weighted by molar-refractivity contribution is 5.97. The lowest BCUT2D eigenvalue weighted by atomic mass is 10.1. The highest BCUT2D eigenvalue weighted by atomic mass is 16.5. The van der Waals surface area contributed by atoms with E-state index >= 15 is 0 Å². The van der Waals surface area contributed by atoms with Gasteiger partial charge in [-0.25, -0.2) is 4.79 Å². The molecule has 0 fully saturated rings. The summed E-state index contributed by atoms with van der Waals surface area (Å²) in [4.78, 5) is 23.9. The number of esters is 1. The maximum absolute atomic E-state index is 12.0. The zero-order valence-corrected chi connectivity index (χ0v) is 12.0. The van der Waals surface area contributed by atoms with E-state index in [0.29, 0.717) is 11.3 Å². The standard InChI is InChI=1S/C17H17NO3/c1-12-7-6-8-14(11-12)17(20)21-13(2)16(19)18-15-9-4-3-5-10-15/h3-11,13H,1-2H3,(H,18,19). The van der Waals surface area contributed by atoms with Gasteiger partial charge in [-0.1, -0.05) is 35.9 Å². The number of rotatable bonds is 4. The number of para-hydroxylation sites is 1. The molecule has 0 heterocycles. The SMILES string of the molecule is Cc1cccc(C(=O)OC(C)C(=O)Nc2ccccc2)c1. The summed E-state index contributed by atoms with van der Waals surface area (Å²) in [5.74, 6) is -0.864. The van der Waals surface area contributed by atoms with E-state index < -0.39 is 12.1 Å². The zero-order valence-electron chi connectivity index (χ0n) is 12.0. The van der Waals surface area contributed by atoms with E-state index in [2.05, 4.69) is 5.32 Å². The summed E-state index contributed by atoms with van der Waals surface area (Å²) in [5.41, 5.74) is 2.07. The highest BCUT2D eigenvalue weighted by Gasteiger charge is 2.18. The molecule has 0 saturated carbocycles. The van der Waals surface area contributed by atoms with Crippen molar-refractivity contribution in [1.29, 1.82) is 0 Å². The molecule has 21 heavy (non-hydrogen) atoms. The molecule has 0 saturated heterocycles. The molecule has 0 radical (unpaired) electrons. The summed E-state index contributed by atoms with van der Waals surface area (Å²) >= 11 is 0. The molecule has 0 aliphatic carbocycles. The number of amides is 1. The molecule has 2 rings (SSSR count). The van der Waals surface area contributed by atoms with Crippen LogP contribution in [0.25, 0.3) is 0 Å². The van der Waals surface area contributed by atoms with Crippen molar-refractivity contribution in [3.05, 3.63) is 65.7 Å². The van der Waals surface area contributed by atoms with Crippen molar-refractivity contribution in [2.75, 3.05) is 5.32 Å². The second kappa shape index (κ2) is 6.70. The molecule has 1 N–H and O–H groups in total. The first kappa shape index (κ1) is 14.8. The van der Waals surface area contributed by atoms with Crippen molar-refractivity contribution in [1.82, 2.24) is 0 Å². The van der Waals surface area contributed by atoms with Crippen molar-refractivity contribution >= 4 is 17.6 Å². The van der Waals surface area contributed by atoms with Gasteiger partial charge in [0.25, 0.3) is 5.91 Å². The maximum atomic E-state index is 12.0. The maximum Gasteiger partial charge on any atom is 0.338 e. The average Bonchev–Trinajstić information content (AvgIpc) is 2.48. The third-order valence-electron chi connectivity index (χ3n) is 2.95. The van der Waals surface area contributed by atoms with Gasteiger partial charge in [-0.2, -0.15) is 0 Å². The molecule has 108 valence electrons. The van der Waals surface area contributed by atoms with Crippen molar-refractivity contribution in [3.63, 3.8) is 0 Å².